The Morgan fingerprint density at radius 2 is 1.92 bits per heavy atom. The summed E-state index contributed by atoms with van der Waals surface area (Å²) in [5, 5.41) is 13.4. The standard InChI is InChI=1S/C19H18N2O5/c1-26-19(23)17(12-5-9-14-7-3-2-4-8-14)20-18(22)15-10-6-11-16(13-15)21(24)25/h2-11,13,17H,12H2,1H3,(H,20,22)/b9-5+/t17-/m1/s1. The van der Waals surface area contributed by atoms with Gasteiger partial charge in [0.25, 0.3) is 11.6 Å². The summed E-state index contributed by atoms with van der Waals surface area (Å²) < 4.78 is 4.72. The largest absolute Gasteiger partial charge is 0.467 e. The summed E-state index contributed by atoms with van der Waals surface area (Å²) in [6, 6.07) is 13.9. The van der Waals surface area contributed by atoms with Gasteiger partial charge in [-0.3, -0.25) is 14.9 Å². The first-order valence-corrected chi connectivity index (χ1v) is 7.86. The van der Waals surface area contributed by atoms with Gasteiger partial charge in [-0.1, -0.05) is 48.6 Å². The van der Waals surface area contributed by atoms with Gasteiger partial charge in [-0.2, -0.15) is 0 Å². The third-order valence-electron chi connectivity index (χ3n) is 3.59. The fraction of sp³-hybridized carbons (Fsp3) is 0.158. The van der Waals surface area contributed by atoms with Crippen LogP contribution < -0.4 is 5.32 Å². The van der Waals surface area contributed by atoms with Crippen molar-refractivity contribution in [3.05, 3.63) is 81.9 Å². The van der Waals surface area contributed by atoms with E-state index in [1.165, 1.54) is 25.3 Å². The van der Waals surface area contributed by atoms with Crippen LogP contribution in [0.25, 0.3) is 6.08 Å². The molecule has 26 heavy (non-hydrogen) atoms. The molecule has 1 amide bonds. The maximum absolute atomic E-state index is 12.3. The number of rotatable bonds is 7. The molecule has 0 heterocycles. The molecule has 134 valence electrons. The van der Waals surface area contributed by atoms with Gasteiger partial charge in [0.1, 0.15) is 6.04 Å². The number of benzene rings is 2. The van der Waals surface area contributed by atoms with Gasteiger partial charge >= 0.3 is 5.97 Å². The Labute approximate surface area is 150 Å². The number of nitrogens with one attached hydrogen (secondary N) is 1. The number of carbonyl (C=O) groups excluding carboxylic acids is 2. The lowest BCUT2D eigenvalue weighted by Crippen LogP contribution is -2.41. The first kappa shape index (κ1) is 18.9. The van der Waals surface area contributed by atoms with Gasteiger partial charge in [-0.25, -0.2) is 4.79 Å². The van der Waals surface area contributed by atoms with E-state index in [1.54, 1.807) is 6.08 Å². The maximum atomic E-state index is 12.3. The van der Waals surface area contributed by atoms with Crippen molar-refractivity contribution in [2.45, 2.75) is 12.5 Å². The van der Waals surface area contributed by atoms with E-state index in [9.17, 15) is 19.7 Å². The lowest BCUT2D eigenvalue weighted by Gasteiger charge is -2.14. The molecule has 0 aliphatic rings. The van der Waals surface area contributed by atoms with E-state index in [4.69, 9.17) is 4.74 Å². The molecular formula is C19H18N2O5. The van der Waals surface area contributed by atoms with Crippen LogP contribution in [0.15, 0.2) is 60.7 Å². The highest BCUT2D eigenvalue weighted by atomic mass is 16.6. The number of nitro groups is 1. The molecular weight excluding hydrogens is 336 g/mol. The predicted molar refractivity (Wildman–Crippen MR) is 96.5 cm³/mol. The summed E-state index contributed by atoms with van der Waals surface area (Å²) in [5.41, 5.74) is 0.859. The average Bonchev–Trinajstić information content (AvgIpc) is 2.67. The number of esters is 1. The van der Waals surface area contributed by atoms with Gasteiger partial charge in [-0.05, 0) is 18.1 Å². The van der Waals surface area contributed by atoms with Crippen LogP contribution in [0.1, 0.15) is 22.3 Å². The Balaban J connectivity index is 2.08. The Kier molecular flexibility index (Phi) is 6.61. The maximum Gasteiger partial charge on any atom is 0.328 e. The van der Waals surface area contributed by atoms with Crippen LogP contribution in [-0.2, 0) is 9.53 Å². The summed E-state index contributed by atoms with van der Waals surface area (Å²) in [6.07, 6.45) is 3.81. The topological polar surface area (TPSA) is 98.5 Å². The molecule has 0 radical (unpaired) electrons. The second kappa shape index (κ2) is 9.12. The van der Waals surface area contributed by atoms with E-state index in [1.807, 2.05) is 36.4 Å². The second-order valence-corrected chi connectivity index (χ2v) is 5.41. The molecule has 0 fully saturated rings. The van der Waals surface area contributed by atoms with Crippen LogP contribution in [0.4, 0.5) is 5.69 Å². The zero-order valence-electron chi connectivity index (χ0n) is 14.1. The highest BCUT2D eigenvalue weighted by Crippen LogP contribution is 2.13. The van der Waals surface area contributed by atoms with E-state index in [-0.39, 0.29) is 17.7 Å². The molecule has 0 bridgehead atoms. The molecule has 0 saturated heterocycles. The average molecular weight is 354 g/mol. The quantitative estimate of drug-likeness (QED) is 0.468. The number of carbonyl (C=O) groups is 2. The smallest absolute Gasteiger partial charge is 0.328 e. The molecule has 2 aromatic carbocycles. The third-order valence-corrected chi connectivity index (χ3v) is 3.59. The van der Waals surface area contributed by atoms with Gasteiger partial charge in [0.05, 0.1) is 12.0 Å². The van der Waals surface area contributed by atoms with Crippen LogP contribution in [0.5, 0.6) is 0 Å². The summed E-state index contributed by atoms with van der Waals surface area (Å²) >= 11 is 0. The molecule has 0 aliphatic heterocycles. The Morgan fingerprint density at radius 3 is 2.58 bits per heavy atom. The van der Waals surface area contributed by atoms with Crippen molar-refractivity contribution in [1.82, 2.24) is 5.32 Å². The molecule has 0 spiro atoms. The van der Waals surface area contributed by atoms with Gasteiger partial charge in [0, 0.05) is 17.7 Å². The number of nitrogens with zero attached hydrogens (tertiary/aromatic N) is 1. The lowest BCUT2D eigenvalue weighted by atomic mass is 10.1. The molecule has 7 nitrogen and oxygen atoms in total. The zero-order valence-corrected chi connectivity index (χ0v) is 14.1. The monoisotopic (exact) mass is 354 g/mol. The zero-order chi connectivity index (χ0) is 18.9. The molecule has 2 aromatic rings. The first-order chi connectivity index (χ1) is 12.5. The Bertz CT molecular complexity index is 818. The van der Waals surface area contributed by atoms with Crippen molar-refractivity contribution < 1.29 is 19.2 Å². The number of non-ortho nitro benzene ring substituents is 1. The van der Waals surface area contributed by atoms with Crippen LogP contribution in [-0.4, -0.2) is 30.0 Å². The van der Waals surface area contributed by atoms with Gasteiger partial charge < -0.3 is 10.1 Å². The SMILES string of the molecule is COC(=O)[C@@H](C/C=C/c1ccccc1)NC(=O)c1cccc([N+](=O)[O-])c1. The van der Waals surface area contributed by atoms with Crippen molar-refractivity contribution in [1.29, 1.82) is 0 Å². The van der Waals surface area contributed by atoms with Crippen LogP contribution in [0.2, 0.25) is 0 Å². The number of hydrogen-bond donors (Lipinski definition) is 1. The van der Waals surface area contributed by atoms with E-state index >= 15 is 0 Å². The molecule has 0 unspecified atom stereocenters. The third kappa shape index (κ3) is 5.27. The fourth-order valence-corrected chi connectivity index (χ4v) is 2.26. The number of methoxy groups -OCH3 is 1. The lowest BCUT2D eigenvalue weighted by molar-refractivity contribution is -0.384. The van der Waals surface area contributed by atoms with E-state index in [0.29, 0.717) is 0 Å². The number of amides is 1. The van der Waals surface area contributed by atoms with Crippen LogP contribution in [0.3, 0.4) is 0 Å². The normalized spacial score (nSPS) is 11.7. The Hall–Kier alpha value is -3.48. The molecule has 0 aliphatic carbocycles. The summed E-state index contributed by atoms with van der Waals surface area (Å²) in [4.78, 5) is 34.5. The number of ether oxygens (including phenoxy) is 1. The highest BCUT2D eigenvalue weighted by molar-refractivity contribution is 5.97. The molecule has 2 rings (SSSR count). The van der Waals surface area contributed by atoms with Gasteiger partial charge in [-0.15, -0.1) is 0 Å². The second-order valence-electron chi connectivity index (χ2n) is 5.41. The highest BCUT2D eigenvalue weighted by Gasteiger charge is 2.21. The minimum absolute atomic E-state index is 0.0974. The minimum Gasteiger partial charge on any atom is -0.467 e. The molecule has 0 aromatic heterocycles. The number of hydrogen-bond acceptors (Lipinski definition) is 5. The summed E-state index contributed by atoms with van der Waals surface area (Å²) in [6.45, 7) is 0. The molecule has 7 heteroatoms. The number of nitro benzene ring substituents is 1. The summed E-state index contributed by atoms with van der Waals surface area (Å²) in [7, 11) is 1.23. The fourth-order valence-electron chi connectivity index (χ4n) is 2.26. The predicted octanol–water partition coefficient (Wildman–Crippen LogP) is 2.97. The van der Waals surface area contributed by atoms with Gasteiger partial charge in [0.2, 0.25) is 0 Å². The van der Waals surface area contributed by atoms with Crippen molar-refractivity contribution in [2.75, 3.05) is 7.11 Å². The van der Waals surface area contributed by atoms with E-state index in [2.05, 4.69) is 5.32 Å². The molecule has 0 saturated carbocycles. The van der Waals surface area contributed by atoms with Crippen molar-refractivity contribution in [3.8, 4) is 0 Å². The van der Waals surface area contributed by atoms with Gasteiger partial charge in [0.15, 0.2) is 0 Å². The van der Waals surface area contributed by atoms with E-state index in [0.717, 1.165) is 11.6 Å². The Morgan fingerprint density at radius 1 is 1.19 bits per heavy atom. The van der Waals surface area contributed by atoms with Crippen molar-refractivity contribution in [3.63, 3.8) is 0 Å². The van der Waals surface area contributed by atoms with Crippen LogP contribution >= 0.6 is 0 Å². The molecule has 1 N–H and O–H groups in total. The van der Waals surface area contributed by atoms with Crippen LogP contribution in [0, 0.1) is 10.1 Å². The summed E-state index contributed by atoms with van der Waals surface area (Å²) in [5.74, 6) is -1.18. The van der Waals surface area contributed by atoms with Crippen molar-refractivity contribution >= 4 is 23.6 Å². The molecule has 1 atom stereocenters. The first-order valence-electron chi connectivity index (χ1n) is 7.86. The van der Waals surface area contributed by atoms with Crippen molar-refractivity contribution in [2.24, 2.45) is 0 Å². The minimum atomic E-state index is -0.897. The van der Waals surface area contributed by atoms with E-state index < -0.39 is 22.8 Å².